The third kappa shape index (κ3) is 3.79. The molecule has 0 saturated heterocycles. The summed E-state index contributed by atoms with van der Waals surface area (Å²) in [6.07, 6.45) is 7.88. The number of hydrogen-bond donors (Lipinski definition) is 2. The largest absolute Gasteiger partial charge is 0.381 e. The van der Waals surface area contributed by atoms with Crippen molar-refractivity contribution in [3.8, 4) is 0 Å². The lowest BCUT2D eigenvalue weighted by atomic mass is 9.82. The molecule has 116 valence electrons. The minimum Gasteiger partial charge on any atom is -0.381 e. The molecule has 0 radical (unpaired) electrons. The second kappa shape index (κ2) is 5.89. The van der Waals surface area contributed by atoms with Gasteiger partial charge in [0.25, 0.3) is 0 Å². The van der Waals surface area contributed by atoms with Crippen LogP contribution in [0.5, 0.6) is 0 Å². The highest BCUT2D eigenvalue weighted by atomic mass is 79.9. The molecule has 2 atom stereocenters. The smallest absolute Gasteiger partial charge is 0.238 e. The van der Waals surface area contributed by atoms with Gasteiger partial charge in [0.1, 0.15) is 0 Å². The van der Waals surface area contributed by atoms with Crippen LogP contribution in [0.3, 0.4) is 0 Å². The molecule has 0 aliphatic heterocycles. The van der Waals surface area contributed by atoms with E-state index in [0.717, 1.165) is 22.0 Å². The standard InChI is InChI=1S/C15H21BrN2O2S/c16-14-9-13(21(17,19)20)6-7-15(14)18-12-3-1-2-11(8-12)10-4-5-10/h6-7,9-12,18H,1-5,8H2,(H2,17,19,20). The lowest BCUT2D eigenvalue weighted by molar-refractivity contribution is 0.303. The van der Waals surface area contributed by atoms with Crippen LogP contribution in [0.2, 0.25) is 0 Å². The molecule has 0 bridgehead atoms. The maximum Gasteiger partial charge on any atom is 0.238 e. The summed E-state index contributed by atoms with van der Waals surface area (Å²) in [5.41, 5.74) is 0.948. The Labute approximate surface area is 134 Å². The van der Waals surface area contributed by atoms with E-state index in [9.17, 15) is 8.42 Å². The monoisotopic (exact) mass is 372 g/mol. The average Bonchev–Trinajstić information content (AvgIpc) is 3.25. The summed E-state index contributed by atoms with van der Waals surface area (Å²) >= 11 is 3.44. The summed E-state index contributed by atoms with van der Waals surface area (Å²) in [5.74, 6) is 1.83. The third-order valence-corrected chi connectivity index (χ3v) is 6.20. The Morgan fingerprint density at radius 1 is 1.14 bits per heavy atom. The average molecular weight is 373 g/mol. The quantitative estimate of drug-likeness (QED) is 0.849. The zero-order valence-electron chi connectivity index (χ0n) is 11.9. The summed E-state index contributed by atoms with van der Waals surface area (Å²) in [4.78, 5) is 0.138. The van der Waals surface area contributed by atoms with Gasteiger partial charge in [-0.1, -0.05) is 12.8 Å². The van der Waals surface area contributed by atoms with E-state index in [0.29, 0.717) is 6.04 Å². The van der Waals surface area contributed by atoms with Crippen LogP contribution in [0.15, 0.2) is 27.6 Å². The Balaban J connectivity index is 1.69. The molecule has 6 heteroatoms. The van der Waals surface area contributed by atoms with Gasteiger partial charge in [-0.25, -0.2) is 13.6 Å². The highest BCUT2D eigenvalue weighted by Gasteiger charge is 2.34. The molecule has 2 aliphatic carbocycles. The molecule has 2 saturated carbocycles. The first-order valence-corrected chi connectivity index (χ1v) is 9.86. The number of benzene rings is 1. The number of primary sulfonamides is 1. The van der Waals surface area contributed by atoms with Crippen LogP contribution in [-0.2, 0) is 10.0 Å². The zero-order valence-corrected chi connectivity index (χ0v) is 14.3. The summed E-state index contributed by atoms with van der Waals surface area (Å²) in [6.45, 7) is 0. The van der Waals surface area contributed by atoms with Crippen molar-refractivity contribution < 1.29 is 8.42 Å². The number of hydrogen-bond acceptors (Lipinski definition) is 3. The predicted octanol–water partition coefficient (Wildman–Crippen LogP) is 3.48. The molecule has 2 unspecified atom stereocenters. The lowest BCUT2D eigenvalue weighted by Gasteiger charge is -2.31. The molecule has 3 N–H and O–H groups in total. The van der Waals surface area contributed by atoms with Crippen LogP contribution in [-0.4, -0.2) is 14.5 Å². The molecule has 0 amide bonds. The van der Waals surface area contributed by atoms with Crippen molar-refractivity contribution in [2.45, 2.75) is 49.5 Å². The van der Waals surface area contributed by atoms with Crippen molar-refractivity contribution in [3.63, 3.8) is 0 Å². The van der Waals surface area contributed by atoms with Gasteiger partial charge in [0.2, 0.25) is 10.0 Å². The van der Waals surface area contributed by atoms with E-state index < -0.39 is 10.0 Å². The number of nitrogens with two attached hydrogens (primary N) is 1. The lowest BCUT2D eigenvalue weighted by Crippen LogP contribution is -2.28. The molecule has 0 aromatic heterocycles. The minimum atomic E-state index is -3.64. The van der Waals surface area contributed by atoms with Gasteiger partial charge in [0.05, 0.1) is 4.90 Å². The van der Waals surface area contributed by atoms with Crippen molar-refractivity contribution in [3.05, 3.63) is 22.7 Å². The zero-order chi connectivity index (χ0) is 15.0. The van der Waals surface area contributed by atoms with Gasteiger partial charge in [-0.3, -0.25) is 0 Å². The highest BCUT2D eigenvalue weighted by Crippen LogP contribution is 2.44. The second-order valence-corrected chi connectivity index (χ2v) is 8.71. The molecule has 21 heavy (non-hydrogen) atoms. The van der Waals surface area contributed by atoms with Crippen molar-refractivity contribution in [2.24, 2.45) is 17.0 Å². The van der Waals surface area contributed by atoms with Crippen molar-refractivity contribution >= 4 is 31.6 Å². The third-order valence-electron chi connectivity index (χ3n) is 4.63. The molecule has 0 spiro atoms. The van der Waals surface area contributed by atoms with Crippen LogP contribution < -0.4 is 10.5 Å². The van der Waals surface area contributed by atoms with Crippen molar-refractivity contribution in [2.75, 3.05) is 5.32 Å². The summed E-state index contributed by atoms with van der Waals surface area (Å²) in [7, 11) is -3.64. The topological polar surface area (TPSA) is 72.2 Å². The van der Waals surface area contributed by atoms with E-state index in [-0.39, 0.29) is 4.90 Å². The van der Waals surface area contributed by atoms with Crippen LogP contribution in [0.1, 0.15) is 38.5 Å². The molecule has 1 aromatic rings. The fourth-order valence-electron chi connectivity index (χ4n) is 3.36. The van der Waals surface area contributed by atoms with Crippen molar-refractivity contribution in [1.82, 2.24) is 0 Å². The van der Waals surface area contributed by atoms with Gasteiger partial charge >= 0.3 is 0 Å². The maximum atomic E-state index is 11.3. The van der Waals surface area contributed by atoms with Gasteiger partial charge in [-0.05, 0) is 71.6 Å². The Morgan fingerprint density at radius 2 is 1.90 bits per heavy atom. The van der Waals surface area contributed by atoms with Gasteiger partial charge in [0, 0.05) is 16.2 Å². The second-order valence-electron chi connectivity index (χ2n) is 6.29. The van der Waals surface area contributed by atoms with Gasteiger partial charge < -0.3 is 5.32 Å². The minimum absolute atomic E-state index is 0.138. The Kier molecular flexibility index (Phi) is 4.30. The number of anilines is 1. The molecule has 2 aliphatic rings. The molecule has 1 aromatic carbocycles. The van der Waals surface area contributed by atoms with Crippen LogP contribution >= 0.6 is 15.9 Å². The fraction of sp³-hybridized carbons (Fsp3) is 0.600. The van der Waals surface area contributed by atoms with E-state index in [4.69, 9.17) is 5.14 Å². The molecular weight excluding hydrogens is 352 g/mol. The number of rotatable bonds is 4. The molecule has 0 heterocycles. The number of nitrogens with one attached hydrogen (secondary N) is 1. The predicted molar refractivity (Wildman–Crippen MR) is 87.6 cm³/mol. The van der Waals surface area contributed by atoms with E-state index in [1.54, 1.807) is 18.2 Å². The van der Waals surface area contributed by atoms with Crippen molar-refractivity contribution in [1.29, 1.82) is 0 Å². The van der Waals surface area contributed by atoms with Gasteiger partial charge in [-0.2, -0.15) is 0 Å². The van der Waals surface area contributed by atoms with Crippen LogP contribution in [0.4, 0.5) is 5.69 Å². The molecule has 4 nitrogen and oxygen atoms in total. The summed E-state index contributed by atoms with van der Waals surface area (Å²) in [6, 6.07) is 5.41. The Hall–Kier alpha value is -0.590. The Morgan fingerprint density at radius 3 is 2.52 bits per heavy atom. The van der Waals surface area contributed by atoms with Gasteiger partial charge in [-0.15, -0.1) is 0 Å². The van der Waals surface area contributed by atoms with Gasteiger partial charge in [0.15, 0.2) is 0 Å². The molecular formula is C15H21BrN2O2S. The molecule has 3 rings (SSSR count). The van der Waals surface area contributed by atoms with E-state index in [2.05, 4.69) is 21.2 Å². The first kappa shape index (κ1) is 15.3. The van der Waals surface area contributed by atoms with Crippen LogP contribution in [0, 0.1) is 11.8 Å². The Bertz CT molecular complexity index is 629. The first-order valence-electron chi connectivity index (χ1n) is 7.52. The molecule has 2 fully saturated rings. The normalized spacial score (nSPS) is 26.6. The fourth-order valence-corrected chi connectivity index (χ4v) is 4.55. The van der Waals surface area contributed by atoms with E-state index >= 15 is 0 Å². The maximum absolute atomic E-state index is 11.3. The van der Waals surface area contributed by atoms with Crippen LogP contribution in [0.25, 0.3) is 0 Å². The first-order chi connectivity index (χ1) is 9.93. The summed E-state index contributed by atoms with van der Waals surface area (Å²) < 4.78 is 23.4. The highest BCUT2D eigenvalue weighted by molar-refractivity contribution is 9.10. The van der Waals surface area contributed by atoms with E-state index in [1.165, 1.54) is 38.5 Å². The SMILES string of the molecule is NS(=O)(=O)c1ccc(NC2CCCC(C3CC3)C2)c(Br)c1. The summed E-state index contributed by atoms with van der Waals surface area (Å²) in [5, 5.41) is 8.71. The van der Waals surface area contributed by atoms with E-state index in [1.807, 2.05) is 0 Å². The number of sulfonamides is 1. The number of halogens is 1.